The van der Waals surface area contributed by atoms with E-state index in [1.165, 1.54) is 12.3 Å². The summed E-state index contributed by atoms with van der Waals surface area (Å²) in [5, 5.41) is 3.87. The molecule has 0 radical (unpaired) electrons. The van der Waals surface area contributed by atoms with Gasteiger partial charge in [-0.05, 0) is 30.3 Å². The molecular weight excluding hydrogens is 443 g/mol. The Labute approximate surface area is 190 Å². The number of carbonyl (C=O) groups excluding carboxylic acids is 2. The van der Waals surface area contributed by atoms with Crippen LogP contribution in [0.3, 0.4) is 0 Å². The highest BCUT2D eigenvalue weighted by Gasteiger charge is 2.27. The molecule has 0 saturated heterocycles. The number of carbonyl (C=O) groups is 2. The molecule has 0 atom stereocenters. The van der Waals surface area contributed by atoms with Gasteiger partial charge in [0.2, 0.25) is 5.91 Å². The van der Waals surface area contributed by atoms with E-state index in [0.29, 0.717) is 31.9 Å². The van der Waals surface area contributed by atoms with Crippen molar-refractivity contribution in [1.82, 2.24) is 4.98 Å². The Morgan fingerprint density at radius 3 is 2.03 bits per heavy atom. The molecule has 0 aliphatic heterocycles. The van der Waals surface area contributed by atoms with E-state index in [1.807, 2.05) is 0 Å². The highest BCUT2D eigenvalue weighted by molar-refractivity contribution is 6.39. The van der Waals surface area contributed by atoms with Crippen LogP contribution in [0.1, 0.15) is 36.7 Å². The molecule has 0 spiro atoms. The third-order valence-corrected chi connectivity index (χ3v) is 5.39. The maximum Gasteiger partial charge on any atom is 0.229 e. The maximum atomic E-state index is 13.3. The van der Waals surface area contributed by atoms with Gasteiger partial charge in [-0.25, -0.2) is 0 Å². The van der Waals surface area contributed by atoms with Gasteiger partial charge < -0.3 is 5.32 Å². The van der Waals surface area contributed by atoms with E-state index < -0.39 is 5.41 Å². The fourth-order valence-electron chi connectivity index (χ4n) is 2.78. The highest BCUT2D eigenvalue weighted by atomic mass is 35.5. The average Bonchev–Trinajstić information content (AvgIpc) is 2.68. The standard InChI is InChI=1S/C23H19Cl3N2O2/c1-23(2,3)22(30)28-19-14(21(29)13-7-4-5-8-15(13)24)11-12-27-20(19)18-16(25)9-6-10-17(18)26/h4-12H,1-3H3,(H,28,30). The minimum atomic E-state index is -0.706. The number of benzene rings is 2. The van der Waals surface area contributed by atoms with Gasteiger partial charge in [-0.1, -0.05) is 73.8 Å². The molecule has 0 bridgehead atoms. The Bertz CT molecular complexity index is 1120. The third kappa shape index (κ3) is 4.51. The van der Waals surface area contributed by atoms with Gasteiger partial charge in [-0.3, -0.25) is 14.6 Å². The van der Waals surface area contributed by atoms with Crippen LogP contribution in [-0.4, -0.2) is 16.7 Å². The van der Waals surface area contributed by atoms with E-state index in [4.69, 9.17) is 34.8 Å². The lowest BCUT2D eigenvalue weighted by atomic mass is 9.94. The van der Waals surface area contributed by atoms with E-state index in [9.17, 15) is 9.59 Å². The summed E-state index contributed by atoms with van der Waals surface area (Å²) < 4.78 is 0. The van der Waals surface area contributed by atoms with Crippen molar-refractivity contribution in [3.8, 4) is 11.3 Å². The van der Waals surface area contributed by atoms with Crippen molar-refractivity contribution in [2.24, 2.45) is 5.41 Å². The Balaban J connectivity index is 2.27. The zero-order valence-electron chi connectivity index (χ0n) is 16.6. The van der Waals surface area contributed by atoms with Gasteiger partial charge in [0.25, 0.3) is 0 Å². The zero-order valence-corrected chi connectivity index (χ0v) is 18.9. The first-order valence-electron chi connectivity index (χ1n) is 9.15. The molecule has 1 N–H and O–H groups in total. The van der Waals surface area contributed by atoms with Crippen molar-refractivity contribution in [3.05, 3.63) is 80.9 Å². The van der Waals surface area contributed by atoms with Gasteiger partial charge in [0.05, 0.1) is 26.4 Å². The molecule has 1 aromatic heterocycles. The van der Waals surface area contributed by atoms with Crippen LogP contribution in [0.2, 0.25) is 15.1 Å². The van der Waals surface area contributed by atoms with E-state index >= 15 is 0 Å². The van der Waals surface area contributed by atoms with Crippen molar-refractivity contribution in [2.75, 3.05) is 5.32 Å². The minimum absolute atomic E-state index is 0.234. The number of halogens is 3. The first-order valence-corrected chi connectivity index (χ1v) is 10.3. The first kappa shape index (κ1) is 22.3. The predicted octanol–water partition coefficient (Wildman–Crippen LogP) is 6.92. The van der Waals surface area contributed by atoms with E-state index in [0.717, 1.165) is 0 Å². The molecule has 1 heterocycles. The lowest BCUT2D eigenvalue weighted by Crippen LogP contribution is -2.29. The molecule has 2 aromatic carbocycles. The van der Waals surface area contributed by atoms with Crippen LogP contribution in [0, 0.1) is 5.41 Å². The summed E-state index contributed by atoms with van der Waals surface area (Å²) in [6.07, 6.45) is 1.48. The van der Waals surface area contributed by atoms with Crippen LogP contribution in [-0.2, 0) is 4.79 Å². The summed E-state index contributed by atoms with van der Waals surface area (Å²) >= 11 is 19.0. The zero-order chi connectivity index (χ0) is 22.1. The quantitative estimate of drug-likeness (QED) is 0.429. The second-order valence-corrected chi connectivity index (χ2v) is 8.91. The fourth-order valence-corrected chi connectivity index (χ4v) is 3.58. The third-order valence-electron chi connectivity index (χ3n) is 4.43. The van der Waals surface area contributed by atoms with Gasteiger partial charge in [-0.2, -0.15) is 0 Å². The number of amides is 1. The van der Waals surface area contributed by atoms with Crippen molar-refractivity contribution in [1.29, 1.82) is 0 Å². The summed E-state index contributed by atoms with van der Waals surface area (Å²) in [6, 6.07) is 13.3. The average molecular weight is 462 g/mol. The second-order valence-electron chi connectivity index (χ2n) is 7.69. The normalized spacial score (nSPS) is 11.3. The molecule has 0 unspecified atom stereocenters. The molecule has 154 valence electrons. The van der Waals surface area contributed by atoms with E-state index in [-0.39, 0.29) is 22.9 Å². The van der Waals surface area contributed by atoms with Crippen LogP contribution < -0.4 is 5.32 Å². The lowest BCUT2D eigenvalue weighted by Gasteiger charge is -2.21. The number of ketones is 1. The molecular formula is C23H19Cl3N2O2. The summed E-state index contributed by atoms with van der Waals surface area (Å²) in [7, 11) is 0. The summed E-state index contributed by atoms with van der Waals surface area (Å²) in [5.41, 5.74) is 0.814. The number of aromatic nitrogens is 1. The number of nitrogens with one attached hydrogen (secondary N) is 1. The Morgan fingerprint density at radius 1 is 0.833 bits per heavy atom. The Hall–Kier alpha value is -2.40. The molecule has 30 heavy (non-hydrogen) atoms. The lowest BCUT2D eigenvalue weighted by molar-refractivity contribution is -0.123. The van der Waals surface area contributed by atoms with Crippen LogP contribution in [0.5, 0.6) is 0 Å². The van der Waals surface area contributed by atoms with E-state index in [2.05, 4.69) is 10.3 Å². The number of pyridine rings is 1. The molecule has 3 aromatic rings. The fraction of sp³-hybridized carbons (Fsp3) is 0.174. The Kier molecular flexibility index (Phi) is 6.51. The molecule has 0 aliphatic carbocycles. The predicted molar refractivity (Wildman–Crippen MR) is 123 cm³/mol. The Morgan fingerprint density at radius 2 is 1.43 bits per heavy atom. The van der Waals surface area contributed by atoms with Gasteiger partial charge in [-0.15, -0.1) is 0 Å². The highest BCUT2D eigenvalue weighted by Crippen LogP contribution is 2.40. The summed E-state index contributed by atoms with van der Waals surface area (Å²) in [6.45, 7) is 5.32. The van der Waals surface area contributed by atoms with Crippen LogP contribution in [0.25, 0.3) is 11.3 Å². The van der Waals surface area contributed by atoms with Gasteiger partial charge in [0.15, 0.2) is 5.78 Å². The monoisotopic (exact) mass is 460 g/mol. The molecule has 0 saturated carbocycles. The summed E-state index contributed by atoms with van der Waals surface area (Å²) in [5.74, 6) is -0.634. The van der Waals surface area contributed by atoms with Gasteiger partial charge in [0.1, 0.15) is 0 Å². The summed E-state index contributed by atoms with van der Waals surface area (Å²) in [4.78, 5) is 30.6. The number of nitrogens with zero attached hydrogens (tertiary/aromatic N) is 1. The number of anilines is 1. The number of hydrogen-bond acceptors (Lipinski definition) is 3. The van der Waals surface area contributed by atoms with Crippen molar-refractivity contribution < 1.29 is 9.59 Å². The SMILES string of the molecule is CC(C)(C)C(=O)Nc1c(C(=O)c2ccccc2Cl)ccnc1-c1c(Cl)cccc1Cl. The van der Waals surface area contributed by atoms with Crippen LogP contribution >= 0.6 is 34.8 Å². The van der Waals surface area contributed by atoms with Crippen LogP contribution in [0.4, 0.5) is 5.69 Å². The minimum Gasteiger partial charge on any atom is -0.323 e. The van der Waals surface area contributed by atoms with E-state index in [1.54, 1.807) is 63.2 Å². The maximum absolute atomic E-state index is 13.3. The molecule has 4 nitrogen and oxygen atoms in total. The number of rotatable bonds is 4. The molecule has 3 rings (SSSR count). The van der Waals surface area contributed by atoms with Crippen molar-refractivity contribution >= 4 is 52.2 Å². The molecule has 0 aliphatic rings. The molecule has 0 fully saturated rings. The topological polar surface area (TPSA) is 59.1 Å². The van der Waals surface area contributed by atoms with Crippen molar-refractivity contribution in [3.63, 3.8) is 0 Å². The first-order chi connectivity index (χ1) is 14.1. The second kappa shape index (κ2) is 8.76. The number of hydrogen-bond donors (Lipinski definition) is 1. The molecule has 7 heteroatoms. The largest absolute Gasteiger partial charge is 0.323 e. The van der Waals surface area contributed by atoms with Gasteiger partial charge in [0, 0.05) is 28.3 Å². The smallest absolute Gasteiger partial charge is 0.229 e. The molecule has 1 amide bonds. The van der Waals surface area contributed by atoms with Crippen LogP contribution in [0.15, 0.2) is 54.7 Å². The van der Waals surface area contributed by atoms with Crippen molar-refractivity contribution in [2.45, 2.75) is 20.8 Å². The van der Waals surface area contributed by atoms with Gasteiger partial charge >= 0.3 is 0 Å².